The Labute approximate surface area is 377 Å². The Kier molecular flexibility index (Phi) is 11.7. The fourth-order valence-electron chi connectivity index (χ4n) is 8.79. The van der Waals surface area contributed by atoms with Crippen LogP contribution in [0.3, 0.4) is 0 Å². The Bertz CT molecular complexity index is 3170. The van der Waals surface area contributed by atoms with Crippen LogP contribution < -0.4 is 9.80 Å². The highest BCUT2D eigenvalue weighted by Gasteiger charge is 2.19. The lowest BCUT2D eigenvalue weighted by atomic mass is 9.97. The van der Waals surface area contributed by atoms with Crippen LogP contribution in [0.15, 0.2) is 255 Å². The first-order chi connectivity index (χ1) is 31.7. The SMILES string of the molecule is CC/C=C\C(=C\N(c1ccccc1)c1ccc(-c2ccc3ccccc3c2)cc1)c1ccc(-c2ccccc2N(C2=CCCC=C2)c2ccc(-c3ccc4ccccc4c3)cc2)cc1. The average Bonchev–Trinajstić information content (AvgIpc) is 3.37. The third-order valence-electron chi connectivity index (χ3n) is 12.2. The van der Waals surface area contributed by atoms with Crippen LogP contribution in [0.4, 0.5) is 22.7 Å². The summed E-state index contributed by atoms with van der Waals surface area (Å²) in [5, 5.41) is 5.01. The van der Waals surface area contributed by atoms with E-state index in [9.17, 15) is 0 Å². The molecule has 0 fully saturated rings. The van der Waals surface area contributed by atoms with Gasteiger partial charge in [-0.3, -0.25) is 0 Å². The van der Waals surface area contributed by atoms with E-state index in [-0.39, 0.29) is 0 Å². The van der Waals surface area contributed by atoms with Gasteiger partial charge in [-0.1, -0.05) is 189 Å². The van der Waals surface area contributed by atoms with Gasteiger partial charge in [-0.2, -0.15) is 0 Å². The van der Waals surface area contributed by atoms with E-state index in [4.69, 9.17) is 0 Å². The number of nitrogens with zero attached hydrogens (tertiary/aromatic N) is 2. The van der Waals surface area contributed by atoms with Crippen molar-refractivity contribution in [1.29, 1.82) is 0 Å². The quantitative estimate of drug-likeness (QED) is 0.113. The number of para-hydroxylation sites is 2. The molecule has 308 valence electrons. The average molecular weight is 823 g/mol. The molecular formula is C62H50N2. The fourth-order valence-corrected chi connectivity index (χ4v) is 8.79. The Morgan fingerprint density at radius 1 is 0.469 bits per heavy atom. The molecule has 2 nitrogen and oxygen atoms in total. The van der Waals surface area contributed by atoms with E-state index in [1.807, 2.05) is 0 Å². The Hall–Kier alpha value is -7.94. The molecule has 0 radical (unpaired) electrons. The maximum absolute atomic E-state index is 2.42. The van der Waals surface area contributed by atoms with Gasteiger partial charge in [0.1, 0.15) is 0 Å². The summed E-state index contributed by atoms with van der Waals surface area (Å²) in [6.07, 6.45) is 16.7. The molecule has 0 spiro atoms. The van der Waals surface area contributed by atoms with Crippen LogP contribution in [0.5, 0.6) is 0 Å². The van der Waals surface area contributed by atoms with E-state index in [2.05, 4.69) is 266 Å². The number of rotatable bonds is 12. The Balaban J connectivity index is 0.983. The highest BCUT2D eigenvalue weighted by atomic mass is 15.1. The zero-order chi connectivity index (χ0) is 43.1. The molecule has 1 aliphatic carbocycles. The van der Waals surface area contributed by atoms with Gasteiger partial charge >= 0.3 is 0 Å². The van der Waals surface area contributed by atoms with E-state index >= 15 is 0 Å². The third-order valence-corrected chi connectivity index (χ3v) is 12.2. The van der Waals surface area contributed by atoms with E-state index < -0.39 is 0 Å². The molecule has 9 aromatic rings. The van der Waals surface area contributed by atoms with Gasteiger partial charge < -0.3 is 9.80 Å². The second-order valence-electron chi connectivity index (χ2n) is 16.4. The largest absolute Gasteiger partial charge is 0.317 e. The van der Waals surface area contributed by atoms with Crippen molar-refractivity contribution >= 4 is 49.9 Å². The first-order valence-electron chi connectivity index (χ1n) is 22.5. The Morgan fingerprint density at radius 3 is 1.61 bits per heavy atom. The van der Waals surface area contributed by atoms with Crippen LogP contribution in [0.1, 0.15) is 31.7 Å². The number of fused-ring (bicyclic) bond motifs is 2. The maximum atomic E-state index is 2.42. The molecule has 0 N–H and O–H groups in total. The predicted molar refractivity (Wildman–Crippen MR) is 275 cm³/mol. The van der Waals surface area contributed by atoms with Crippen molar-refractivity contribution in [2.75, 3.05) is 9.80 Å². The van der Waals surface area contributed by atoms with E-state index in [0.29, 0.717) is 0 Å². The molecule has 0 saturated carbocycles. The number of hydrogen-bond acceptors (Lipinski definition) is 2. The van der Waals surface area contributed by atoms with Gasteiger partial charge in [-0.15, -0.1) is 0 Å². The minimum Gasteiger partial charge on any atom is -0.317 e. The first-order valence-corrected chi connectivity index (χ1v) is 22.5. The molecule has 9 aromatic carbocycles. The molecule has 64 heavy (non-hydrogen) atoms. The van der Waals surface area contributed by atoms with E-state index in [0.717, 1.165) is 53.1 Å². The molecule has 0 bridgehead atoms. The van der Waals surface area contributed by atoms with Gasteiger partial charge in [0.25, 0.3) is 0 Å². The van der Waals surface area contributed by atoms with Crippen molar-refractivity contribution in [3.05, 3.63) is 260 Å². The molecule has 0 aromatic heterocycles. The van der Waals surface area contributed by atoms with Crippen molar-refractivity contribution in [3.63, 3.8) is 0 Å². The molecule has 0 aliphatic heterocycles. The van der Waals surface area contributed by atoms with Gasteiger partial charge in [-0.05, 0) is 140 Å². The molecule has 0 atom stereocenters. The Morgan fingerprint density at radius 2 is 1.00 bits per heavy atom. The zero-order valence-electron chi connectivity index (χ0n) is 36.2. The molecule has 10 rings (SSSR count). The topological polar surface area (TPSA) is 6.48 Å². The third kappa shape index (κ3) is 8.60. The zero-order valence-corrected chi connectivity index (χ0v) is 36.2. The lowest BCUT2D eigenvalue weighted by molar-refractivity contribution is 0.997. The van der Waals surface area contributed by atoms with E-state index in [1.54, 1.807) is 0 Å². The van der Waals surface area contributed by atoms with Crippen molar-refractivity contribution in [3.8, 4) is 33.4 Å². The van der Waals surface area contributed by atoms with Gasteiger partial charge in [0.2, 0.25) is 0 Å². The molecule has 0 unspecified atom stereocenters. The summed E-state index contributed by atoms with van der Waals surface area (Å²) in [7, 11) is 0. The summed E-state index contributed by atoms with van der Waals surface area (Å²) in [6, 6.07) is 77.0. The maximum Gasteiger partial charge on any atom is 0.0539 e. The van der Waals surface area contributed by atoms with Crippen molar-refractivity contribution < 1.29 is 0 Å². The highest BCUT2D eigenvalue weighted by Crippen LogP contribution is 2.41. The number of allylic oxidation sites excluding steroid dienone is 6. The molecule has 0 saturated heterocycles. The predicted octanol–water partition coefficient (Wildman–Crippen LogP) is 17.5. The fraction of sp³-hybridized carbons (Fsp3) is 0.0645. The summed E-state index contributed by atoms with van der Waals surface area (Å²) in [5.41, 5.74) is 15.1. The lowest BCUT2D eigenvalue weighted by Crippen LogP contribution is -2.17. The number of anilines is 4. The van der Waals surface area contributed by atoms with Crippen LogP contribution in [0.25, 0.3) is 60.5 Å². The van der Waals surface area contributed by atoms with Crippen molar-refractivity contribution in [2.45, 2.75) is 26.2 Å². The minimum atomic E-state index is 0.942. The monoisotopic (exact) mass is 822 g/mol. The summed E-state index contributed by atoms with van der Waals surface area (Å²) in [6.45, 7) is 2.19. The smallest absolute Gasteiger partial charge is 0.0539 e. The van der Waals surface area contributed by atoms with Crippen LogP contribution in [0, 0.1) is 0 Å². The van der Waals surface area contributed by atoms with Crippen LogP contribution in [-0.4, -0.2) is 0 Å². The number of benzene rings is 9. The summed E-state index contributed by atoms with van der Waals surface area (Å²) < 4.78 is 0. The highest BCUT2D eigenvalue weighted by molar-refractivity contribution is 5.91. The van der Waals surface area contributed by atoms with Crippen LogP contribution in [-0.2, 0) is 0 Å². The van der Waals surface area contributed by atoms with Gasteiger partial charge in [0, 0.05) is 34.5 Å². The van der Waals surface area contributed by atoms with Gasteiger partial charge in [0.05, 0.1) is 5.69 Å². The second-order valence-corrected chi connectivity index (χ2v) is 16.4. The van der Waals surface area contributed by atoms with E-state index in [1.165, 1.54) is 60.6 Å². The normalized spacial score (nSPS) is 12.8. The molecule has 0 heterocycles. The summed E-state index contributed by atoms with van der Waals surface area (Å²) in [5.74, 6) is 0. The first kappa shape index (κ1) is 40.2. The minimum absolute atomic E-state index is 0.942. The lowest BCUT2D eigenvalue weighted by Gasteiger charge is -2.30. The molecule has 0 amide bonds. The molecular weight excluding hydrogens is 773 g/mol. The summed E-state index contributed by atoms with van der Waals surface area (Å²) in [4.78, 5) is 4.72. The summed E-state index contributed by atoms with van der Waals surface area (Å²) >= 11 is 0. The van der Waals surface area contributed by atoms with Gasteiger partial charge in [-0.25, -0.2) is 0 Å². The second kappa shape index (κ2) is 18.6. The number of hydrogen-bond donors (Lipinski definition) is 0. The standard InChI is InChI=1S/C62H50N2/c1-2-3-16-56(45-63(57-21-6-4-7-22-57)58-39-35-48(36-40-58)54-33-29-46-17-10-12-19-52(46)43-54)50-27-31-51(32-28-50)61-25-14-15-26-62(61)64(59-23-8-5-9-24-59)60-41-37-49(38-42-60)55-34-30-47-18-11-13-20-53(47)44-55/h3-4,6-8,10-45H,2,5,9H2,1H3/b16-3-,56-45-. The van der Waals surface area contributed by atoms with Gasteiger partial charge in [0.15, 0.2) is 0 Å². The van der Waals surface area contributed by atoms with Crippen molar-refractivity contribution in [2.24, 2.45) is 0 Å². The van der Waals surface area contributed by atoms with Crippen LogP contribution in [0.2, 0.25) is 0 Å². The molecule has 1 aliphatic rings. The molecule has 2 heteroatoms. The van der Waals surface area contributed by atoms with Crippen LogP contribution >= 0.6 is 0 Å². The van der Waals surface area contributed by atoms with Crippen molar-refractivity contribution in [1.82, 2.24) is 0 Å².